The third-order valence-corrected chi connectivity index (χ3v) is 4.11. The van der Waals surface area contributed by atoms with Crippen molar-refractivity contribution in [3.8, 4) is 0 Å². The van der Waals surface area contributed by atoms with Crippen molar-refractivity contribution in [2.75, 3.05) is 18.0 Å². The standard InChI is InChI=1S/C16H17ClN4O2/c17-13-1-3-14(4-2-13)21-10-12(9-15(21)22)16(23)19-6-8-20-7-5-18-11-20/h1-5,7,11-12H,6,8-10H2,(H,19,23). The Kier molecular flexibility index (Phi) is 4.62. The van der Waals surface area contributed by atoms with E-state index in [0.717, 1.165) is 5.69 Å². The fourth-order valence-electron chi connectivity index (χ4n) is 2.63. The van der Waals surface area contributed by atoms with Crippen LogP contribution < -0.4 is 10.2 Å². The molecule has 6 nitrogen and oxygen atoms in total. The van der Waals surface area contributed by atoms with Crippen LogP contribution in [0.15, 0.2) is 43.0 Å². The van der Waals surface area contributed by atoms with E-state index in [1.165, 1.54) is 0 Å². The van der Waals surface area contributed by atoms with Crippen LogP contribution in [0.5, 0.6) is 0 Å². The number of carbonyl (C=O) groups is 2. The van der Waals surface area contributed by atoms with Crippen LogP contribution in [0.25, 0.3) is 0 Å². The van der Waals surface area contributed by atoms with Gasteiger partial charge in [-0.15, -0.1) is 0 Å². The van der Waals surface area contributed by atoms with Gasteiger partial charge in [0.15, 0.2) is 0 Å². The number of amides is 2. The number of imidazole rings is 1. The minimum absolute atomic E-state index is 0.0397. The van der Waals surface area contributed by atoms with Crippen molar-refractivity contribution < 1.29 is 9.59 Å². The number of benzene rings is 1. The molecule has 3 rings (SSSR count). The Balaban J connectivity index is 1.54. The van der Waals surface area contributed by atoms with E-state index in [-0.39, 0.29) is 24.2 Å². The number of rotatable bonds is 5. The van der Waals surface area contributed by atoms with E-state index in [9.17, 15) is 9.59 Å². The molecule has 1 aliphatic heterocycles. The van der Waals surface area contributed by atoms with Crippen LogP contribution in [-0.4, -0.2) is 34.5 Å². The maximum Gasteiger partial charge on any atom is 0.227 e. The molecular formula is C16H17ClN4O2. The monoisotopic (exact) mass is 332 g/mol. The molecule has 1 aromatic heterocycles. The molecule has 1 atom stereocenters. The Hall–Kier alpha value is -2.34. The van der Waals surface area contributed by atoms with Crippen molar-refractivity contribution >= 4 is 29.1 Å². The Morgan fingerprint density at radius 1 is 1.35 bits per heavy atom. The summed E-state index contributed by atoms with van der Waals surface area (Å²) in [6.45, 7) is 1.57. The fourth-order valence-corrected chi connectivity index (χ4v) is 2.75. The molecule has 1 aromatic carbocycles. The van der Waals surface area contributed by atoms with E-state index < -0.39 is 0 Å². The molecule has 23 heavy (non-hydrogen) atoms. The summed E-state index contributed by atoms with van der Waals surface area (Å²) in [6, 6.07) is 7.06. The molecule has 7 heteroatoms. The minimum atomic E-state index is -0.319. The van der Waals surface area contributed by atoms with E-state index in [0.29, 0.717) is 24.7 Å². The highest BCUT2D eigenvalue weighted by Gasteiger charge is 2.34. The summed E-state index contributed by atoms with van der Waals surface area (Å²) in [5, 5.41) is 3.50. The lowest BCUT2D eigenvalue weighted by atomic mass is 10.1. The molecule has 0 radical (unpaired) electrons. The zero-order valence-electron chi connectivity index (χ0n) is 12.5. The van der Waals surface area contributed by atoms with Gasteiger partial charge in [0.25, 0.3) is 0 Å². The van der Waals surface area contributed by atoms with Crippen molar-refractivity contribution in [2.45, 2.75) is 13.0 Å². The van der Waals surface area contributed by atoms with Gasteiger partial charge in [-0.2, -0.15) is 0 Å². The van der Waals surface area contributed by atoms with Gasteiger partial charge in [0.2, 0.25) is 11.8 Å². The van der Waals surface area contributed by atoms with Gasteiger partial charge < -0.3 is 14.8 Å². The minimum Gasteiger partial charge on any atom is -0.354 e. The molecule has 2 amide bonds. The van der Waals surface area contributed by atoms with Crippen LogP contribution in [0.2, 0.25) is 5.02 Å². The smallest absolute Gasteiger partial charge is 0.227 e. The predicted octanol–water partition coefficient (Wildman–Crippen LogP) is 1.71. The highest BCUT2D eigenvalue weighted by Crippen LogP contribution is 2.26. The molecule has 1 unspecified atom stereocenters. The zero-order valence-corrected chi connectivity index (χ0v) is 13.2. The van der Waals surface area contributed by atoms with E-state index in [1.807, 2.05) is 10.8 Å². The second-order valence-corrected chi connectivity index (χ2v) is 5.91. The molecule has 2 heterocycles. The fraction of sp³-hybridized carbons (Fsp3) is 0.312. The van der Waals surface area contributed by atoms with Gasteiger partial charge in [-0.3, -0.25) is 9.59 Å². The van der Waals surface area contributed by atoms with Crippen molar-refractivity contribution in [1.82, 2.24) is 14.9 Å². The molecule has 120 valence electrons. The normalized spacial score (nSPS) is 17.5. The first-order chi connectivity index (χ1) is 11.1. The number of hydrogen-bond acceptors (Lipinski definition) is 3. The van der Waals surface area contributed by atoms with Crippen molar-refractivity contribution in [1.29, 1.82) is 0 Å². The predicted molar refractivity (Wildman–Crippen MR) is 87.1 cm³/mol. The molecule has 0 bridgehead atoms. The Labute approximate surface area is 139 Å². The van der Waals surface area contributed by atoms with Gasteiger partial charge in [0.1, 0.15) is 0 Å². The van der Waals surface area contributed by atoms with Crippen molar-refractivity contribution in [2.24, 2.45) is 5.92 Å². The Morgan fingerprint density at radius 3 is 2.83 bits per heavy atom. The number of nitrogens with zero attached hydrogens (tertiary/aromatic N) is 3. The first kappa shape index (κ1) is 15.6. The number of carbonyl (C=O) groups excluding carboxylic acids is 2. The first-order valence-electron chi connectivity index (χ1n) is 7.43. The van der Waals surface area contributed by atoms with E-state index in [1.54, 1.807) is 41.7 Å². The molecule has 0 aliphatic carbocycles. The van der Waals surface area contributed by atoms with E-state index in [2.05, 4.69) is 10.3 Å². The van der Waals surface area contributed by atoms with Crippen LogP contribution in [0, 0.1) is 5.92 Å². The van der Waals surface area contributed by atoms with Crippen molar-refractivity contribution in [3.63, 3.8) is 0 Å². The summed E-state index contributed by atoms with van der Waals surface area (Å²) < 4.78 is 1.89. The second kappa shape index (κ2) is 6.83. The summed E-state index contributed by atoms with van der Waals surface area (Å²) in [7, 11) is 0. The lowest BCUT2D eigenvalue weighted by Crippen LogP contribution is -2.34. The number of hydrogen-bond donors (Lipinski definition) is 1. The van der Waals surface area contributed by atoms with Crippen LogP contribution in [0.4, 0.5) is 5.69 Å². The number of aromatic nitrogens is 2. The highest BCUT2D eigenvalue weighted by molar-refractivity contribution is 6.30. The first-order valence-corrected chi connectivity index (χ1v) is 7.80. The molecule has 1 N–H and O–H groups in total. The van der Waals surface area contributed by atoms with Gasteiger partial charge >= 0.3 is 0 Å². The van der Waals surface area contributed by atoms with Gasteiger partial charge in [-0.05, 0) is 24.3 Å². The molecule has 1 saturated heterocycles. The maximum absolute atomic E-state index is 12.2. The average molecular weight is 333 g/mol. The van der Waals surface area contributed by atoms with Gasteiger partial charge in [-0.25, -0.2) is 4.98 Å². The summed E-state index contributed by atoms with van der Waals surface area (Å²) in [6.07, 6.45) is 5.47. The Morgan fingerprint density at radius 2 is 2.13 bits per heavy atom. The van der Waals surface area contributed by atoms with Gasteiger partial charge in [0.05, 0.1) is 12.2 Å². The quantitative estimate of drug-likeness (QED) is 0.906. The van der Waals surface area contributed by atoms with Gasteiger partial charge in [-0.1, -0.05) is 11.6 Å². The topological polar surface area (TPSA) is 67.2 Å². The number of halogens is 1. The highest BCUT2D eigenvalue weighted by atomic mass is 35.5. The Bertz CT molecular complexity index is 685. The lowest BCUT2D eigenvalue weighted by molar-refractivity contribution is -0.126. The average Bonchev–Trinajstić information content (AvgIpc) is 3.18. The molecule has 2 aromatic rings. The largest absolute Gasteiger partial charge is 0.354 e. The molecular weight excluding hydrogens is 316 g/mol. The zero-order chi connectivity index (χ0) is 16.2. The second-order valence-electron chi connectivity index (χ2n) is 5.47. The molecule has 0 spiro atoms. The third kappa shape index (κ3) is 3.71. The summed E-state index contributed by atoms with van der Waals surface area (Å²) in [5.41, 5.74) is 0.771. The maximum atomic E-state index is 12.2. The summed E-state index contributed by atoms with van der Waals surface area (Å²) >= 11 is 5.86. The molecule has 0 saturated carbocycles. The van der Waals surface area contributed by atoms with Crippen molar-refractivity contribution in [3.05, 3.63) is 48.0 Å². The van der Waals surface area contributed by atoms with Gasteiger partial charge in [0, 0.05) is 49.2 Å². The summed E-state index contributed by atoms with van der Waals surface area (Å²) in [4.78, 5) is 29.9. The summed E-state index contributed by atoms with van der Waals surface area (Å²) in [5.74, 6) is -0.446. The molecule has 1 fully saturated rings. The molecule has 1 aliphatic rings. The number of nitrogens with one attached hydrogen (secondary N) is 1. The van der Waals surface area contributed by atoms with E-state index in [4.69, 9.17) is 11.6 Å². The van der Waals surface area contributed by atoms with Crippen LogP contribution in [0.1, 0.15) is 6.42 Å². The van der Waals surface area contributed by atoms with Crippen LogP contribution in [0.3, 0.4) is 0 Å². The number of anilines is 1. The van der Waals surface area contributed by atoms with Crippen LogP contribution in [-0.2, 0) is 16.1 Å². The van der Waals surface area contributed by atoms with E-state index >= 15 is 0 Å². The lowest BCUT2D eigenvalue weighted by Gasteiger charge is -2.16. The SMILES string of the molecule is O=C(NCCn1ccnc1)C1CC(=O)N(c2ccc(Cl)cc2)C1. The van der Waals surface area contributed by atoms with Crippen LogP contribution >= 0.6 is 11.6 Å². The third-order valence-electron chi connectivity index (χ3n) is 3.86.